The summed E-state index contributed by atoms with van der Waals surface area (Å²) in [6.45, 7) is 0. The number of benzene rings is 3. The lowest BCUT2D eigenvalue weighted by atomic mass is 9.80. The maximum absolute atomic E-state index is 13.6. The van der Waals surface area contributed by atoms with E-state index in [2.05, 4.69) is 0 Å². The zero-order chi connectivity index (χ0) is 14.7. The minimum Gasteiger partial charge on any atom is -0.376 e. The van der Waals surface area contributed by atoms with Crippen LogP contribution in [0.4, 0.5) is 4.39 Å². The molecule has 0 radical (unpaired) electrons. The van der Waals surface area contributed by atoms with Gasteiger partial charge in [0.25, 0.3) is 0 Å². The van der Waals surface area contributed by atoms with E-state index in [1.54, 1.807) is 12.1 Å². The van der Waals surface area contributed by atoms with Crippen LogP contribution in [0.3, 0.4) is 0 Å². The summed E-state index contributed by atoms with van der Waals surface area (Å²) in [6.07, 6.45) is 0. The molecule has 2 heteroatoms. The Morgan fingerprint density at radius 3 is 1.57 bits per heavy atom. The summed E-state index contributed by atoms with van der Waals surface area (Å²) in [5, 5.41) is 11.4. The molecule has 0 atom stereocenters. The predicted molar refractivity (Wildman–Crippen MR) is 81.4 cm³/mol. The first kappa shape index (κ1) is 13.5. The Balaban J connectivity index is 2.25. The molecule has 0 heterocycles. The van der Waals surface area contributed by atoms with Gasteiger partial charge >= 0.3 is 0 Å². The molecular weight excluding hydrogens is 263 g/mol. The maximum Gasteiger partial charge on any atom is 0.140 e. The van der Waals surface area contributed by atoms with Crippen LogP contribution in [0, 0.1) is 5.82 Å². The Labute approximate surface area is 123 Å². The molecule has 1 N–H and O–H groups in total. The van der Waals surface area contributed by atoms with E-state index in [-0.39, 0.29) is 5.82 Å². The van der Waals surface area contributed by atoms with Gasteiger partial charge in [0, 0.05) is 0 Å². The van der Waals surface area contributed by atoms with Crippen molar-refractivity contribution in [1.82, 2.24) is 0 Å². The fourth-order valence-electron chi connectivity index (χ4n) is 2.57. The molecule has 3 aromatic carbocycles. The van der Waals surface area contributed by atoms with E-state index in [0.717, 1.165) is 0 Å². The van der Waals surface area contributed by atoms with Crippen molar-refractivity contribution in [3.63, 3.8) is 0 Å². The van der Waals surface area contributed by atoms with E-state index in [1.165, 1.54) is 12.1 Å². The van der Waals surface area contributed by atoms with Crippen molar-refractivity contribution in [3.05, 3.63) is 107 Å². The molecular formula is C19H15FO. The van der Waals surface area contributed by atoms with E-state index in [9.17, 15) is 9.50 Å². The van der Waals surface area contributed by atoms with Gasteiger partial charge in [-0.1, -0.05) is 72.8 Å². The van der Waals surface area contributed by atoms with Crippen molar-refractivity contribution in [2.75, 3.05) is 0 Å². The number of hydrogen-bond donors (Lipinski definition) is 1. The van der Waals surface area contributed by atoms with Crippen LogP contribution < -0.4 is 0 Å². The first-order chi connectivity index (χ1) is 10.2. The second-order valence-corrected chi connectivity index (χ2v) is 4.95. The lowest BCUT2D eigenvalue weighted by molar-refractivity contribution is 0.125. The molecule has 0 aliphatic heterocycles. The number of halogens is 1. The quantitative estimate of drug-likeness (QED) is 0.715. The highest BCUT2D eigenvalue weighted by Gasteiger charge is 2.33. The van der Waals surface area contributed by atoms with Crippen molar-refractivity contribution >= 4 is 0 Å². The van der Waals surface area contributed by atoms with Gasteiger partial charge in [0.15, 0.2) is 0 Å². The molecule has 1 nitrogen and oxygen atoms in total. The Hall–Kier alpha value is -2.45. The highest BCUT2D eigenvalue weighted by atomic mass is 19.1. The fraction of sp³-hybridized carbons (Fsp3) is 0.0526. The Morgan fingerprint density at radius 1 is 0.619 bits per heavy atom. The molecule has 0 saturated heterocycles. The average molecular weight is 278 g/mol. The van der Waals surface area contributed by atoms with Crippen LogP contribution in [0.5, 0.6) is 0 Å². The third kappa shape index (κ3) is 2.46. The summed E-state index contributed by atoms with van der Waals surface area (Å²) in [5.41, 5.74) is 0.563. The molecule has 0 amide bonds. The minimum absolute atomic E-state index is 0.363. The van der Waals surface area contributed by atoms with E-state index < -0.39 is 5.60 Å². The molecule has 3 aromatic rings. The third-order valence-electron chi connectivity index (χ3n) is 3.63. The van der Waals surface area contributed by atoms with Gasteiger partial charge < -0.3 is 5.11 Å². The van der Waals surface area contributed by atoms with E-state index in [0.29, 0.717) is 16.7 Å². The zero-order valence-corrected chi connectivity index (χ0v) is 11.4. The lowest BCUT2D eigenvalue weighted by Gasteiger charge is -2.30. The standard InChI is InChI=1S/C19H15FO/c20-18-13-7-12-17(14-18)19(21,15-8-3-1-4-9-15)16-10-5-2-6-11-16/h1-14,21H. The van der Waals surface area contributed by atoms with Crippen LogP contribution >= 0.6 is 0 Å². The second kappa shape index (κ2) is 5.51. The predicted octanol–water partition coefficient (Wildman–Crippen LogP) is 4.11. The fourth-order valence-corrected chi connectivity index (χ4v) is 2.57. The molecule has 3 rings (SSSR count). The summed E-state index contributed by atoms with van der Waals surface area (Å²) in [5.74, 6) is -0.363. The SMILES string of the molecule is OC(c1ccccc1)(c1ccccc1)c1cccc(F)c1. The zero-order valence-electron chi connectivity index (χ0n) is 11.4. The molecule has 0 saturated carbocycles. The molecule has 0 unspecified atom stereocenters. The molecule has 21 heavy (non-hydrogen) atoms. The number of aliphatic hydroxyl groups is 1. The van der Waals surface area contributed by atoms with Crippen LogP contribution in [-0.4, -0.2) is 5.11 Å². The van der Waals surface area contributed by atoms with Crippen LogP contribution in [0.1, 0.15) is 16.7 Å². The van der Waals surface area contributed by atoms with Gasteiger partial charge in [0.1, 0.15) is 11.4 Å². The van der Waals surface area contributed by atoms with Crippen molar-refractivity contribution in [2.24, 2.45) is 0 Å². The second-order valence-electron chi connectivity index (χ2n) is 4.95. The molecule has 0 fully saturated rings. The van der Waals surface area contributed by atoms with E-state index in [1.807, 2.05) is 60.7 Å². The summed E-state index contributed by atoms with van der Waals surface area (Å²) >= 11 is 0. The first-order valence-electron chi connectivity index (χ1n) is 6.81. The largest absolute Gasteiger partial charge is 0.376 e. The van der Waals surface area contributed by atoms with E-state index in [4.69, 9.17) is 0 Å². The highest BCUT2D eigenvalue weighted by Crippen LogP contribution is 2.36. The average Bonchev–Trinajstić information content (AvgIpc) is 2.56. The van der Waals surface area contributed by atoms with Gasteiger partial charge in [-0.15, -0.1) is 0 Å². The van der Waals surface area contributed by atoms with Gasteiger partial charge in [0.05, 0.1) is 0 Å². The monoisotopic (exact) mass is 278 g/mol. The normalized spacial score (nSPS) is 11.3. The summed E-state index contributed by atoms with van der Waals surface area (Å²) in [7, 11) is 0. The topological polar surface area (TPSA) is 20.2 Å². The van der Waals surface area contributed by atoms with Crippen LogP contribution in [0.2, 0.25) is 0 Å². The van der Waals surface area contributed by atoms with Crippen LogP contribution in [-0.2, 0) is 5.60 Å². The van der Waals surface area contributed by atoms with Gasteiger partial charge in [-0.05, 0) is 28.8 Å². The van der Waals surface area contributed by atoms with Crippen molar-refractivity contribution in [3.8, 4) is 0 Å². The van der Waals surface area contributed by atoms with Gasteiger partial charge in [-0.2, -0.15) is 0 Å². The van der Waals surface area contributed by atoms with Gasteiger partial charge in [-0.3, -0.25) is 0 Å². The molecule has 0 bridgehead atoms. The summed E-state index contributed by atoms with van der Waals surface area (Å²) < 4.78 is 13.6. The Kier molecular flexibility index (Phi) is 3.55. The third-order valence-corrected chi connectivity index (χ3v) is 3.63. The van der Waals surface area contributed by atoms with E-state index >= 15 is 0 Å². The number of rotatable bonds is 3. The highest BCUT2D eigenvalue weighted by molar-refractivity contribution is 5.46. The smallest absolute Gasteiger partial charge is 0.140 e. The number of hydrogen-bond acceptors (Lipinski definition) is 1. The van der Waals surface area contributed by atoms with Gasteiger partial charge in [0.2, 0.25) is 0 Å². The van der Waals surface area contributed by atoms with Crippen molar-refractivity contribution < 1.29 is 9.50 Å². The summed E-state index contributed by atoms with van der Waals surface area (Å²) in [4.78, 5) is 0. The maximum atomic E-state index is 13.6. The van der Waals surface area contributed by atoms with Crippen molar-refractivity contribution in [2.45, 2.75) is 5.60 Å². The Bertz CT molecular complexity index is 683. The van der Waals surface area contributed by atoms with Gasteiger partial charge in [-0.25, -0.2) is 4.39 Å². The molecule has 0 aliphatic carbocycles. The van der Waals surface area contributed by atoms with Crippen LogP contribution in [0.15, 0.2) is 84.9 Å². The Morgan fingerprint density at radius 2 is 1.10 bits per heavy atom. The summed E-state index contributed by atoms with van der Waals surface area (Å²) in [6, 6.07) is 24.7. The first-order valence-corrected chi connectivity index (χ1v) is 6.81. The molecule has 0 aliphatic rings. The molecule has 0 spiro atoms. The minimum atomic E-state index is -1.37. The molecule has 0 aromatic heterocycles. The molecule has 104 valence electrons. The van der Waals surface area contributed by atoms with Crippen LogP contribution in [0.25, 0.3) is 0 Å². The lowest BCUT2D eigenvalue weighted by Crippen LogP contribution is -2.28. The van der Waals surface area contributed by atoms with Crippen molar-refractivity contribution in [1.29, 1.82) is 0 Å².